The van der Waals surface area contributed by atoms with E-state index in [0.717, 1.165) is 0 Å². The van der Waals surface area contributed by atoms with E-state index in [9.17, 15) is 9.18 Å². The van der Waals surface area contributed by atoms with Crippen molar-refractivity contribution in [2.24, 2.45) is 0 Å². The van der Waals surface area contributed by atoms with Crippen molar-refractivity contribution in [3.8, 4) is 6.07 Å². The lowest BCUT2D eigenvalue weighted by Crippen LogP contribution is -2.31. The number of nitriles is 1. The predicted molar refractivity (Wildman–Crippen MR) is 79.3 cm³/mol. The second-order valence-electron chi connectivity index (χ2n) is 4.53. The lowest BCUT2D eigenvalue weighted by molar-refractivity contribution is -0.116. The van der Waals surface area contributed by atoms with Gasteiger partial charge in [0.1, 0.15) is 17.9 Å². The first-order valence-corrected chi connectivity index (χ1v) is 6.42. The molecule has 2 N–H and O–H groups in total. The molecule has 0 aliphatic rings. The van der Waals surface area contributed by atoms with Crippen LogP contribution in [0.3, 0.4) is 0 Å². The summed E-state index contributed by atoms with van der Waals surface area (Å²) >= 11 is 0. The third-order valence-electron chi connectivity index (χ3n) is 2.90. The fourth-order valence-electron chi connectivity index (χ4n) is 1.79. The molecule has 0 radical (unpaired) electrons. The Morgan fingerprint density at radius 2 is 1.90 bits per heavy atom. The number of carbonyl (C=O) groups is 1. The number of hydrogen-bond donors (Lipinski definition) is 2. The van der Waals surface area contributed by atoms with Crippen LogP contribution in [0.1, 0.15) is 12.5 Å². The van der Waals surface area contributed by atoms with Gasteiger partial charge in [-0.05, 0) is 37.3 Å². The van der Waals surface area contributed by atoms with E-state index in [4.69, 9.17) is 5.26 Å². The van der Waals surface area contributed by atoms with Crippen LogP contribution < -0.4 is 10.6 Å². The van der Waals surface area contributed by atoms with Crippen molar-refractivity contribution in [1.29, 1.82) is 5.26 Å². The summed E-state index contributed by atoms with van der Waals surface area (Å²) in [4.78, 5) is 12.0. The van der Waals surface area contributed by atoms with Crippen LogP contribution in [-0.2, 0) is 4.79 Å². The summed E-state index contributed by atoms with van der Waals surface area (Å²) in [7, 11) is 0. The van der Waals surface area contributed by atoms with Crippen molar-refractivity contribution in [3.05, 3.63) is 59.9 Å². The van der Waals surface area contributed by atoms with E-state index in [1.807, 2.05) is 18.2 Å². The lowest BCUT2D eigenvalue weighted by atomic mass is 10.2. The second-order valence-corrected chi connectivity index (χ2v) is 4.53. The van der Waals surface area contributed by atoms with E-state index in [1.165, 1.54) is 18.2 Å². The Morgan fingerprint density at radius 1 is 1.19 bits per heavy atom. The van der Waals surface area contributed by atoms with Crippen LogP contribution in [0.2, 0.25) is 0 Å². The highest BCUT2D eigenvalue weighted by atomic mass is 19.1. The van der Waals surface area contributed by atoms with Crippen LogP contribution in [0.4, 0.5) is 15.8 Å². The molecule has 1 amide bonds. The summed E-state index contributed by atoms with van der Waals surface area (Å²) in [6.07, 6.45) is 0. The first-order valence-electron chi connectivity index (χ1n) is 6.42. The number of amides is 1. The molecule has 21 heavy (non-hydrogen) atoms. The summed E-state index contributed by atoms with van der Waals surface area (Å²) in [5.41, 5.74) is 1.16. The Hall–Kier alpha value is -2.87. The molecule has 0 aromatic heterocycles. The SMILES string of the molecule is CC(Nc1ccc(F)c(C#N)c1)C(=O)Nc1ccccc1. The number of para-hydroxylation sites is 1. The van der Waals surface area contributed by atoms with Gasteiger partial charge in [-0.1, -0.05) is 18.2 Å². The zero-order valence-electron chi connectivity index (χ0n) is 11.4. The first kappa shape index (κ1) is 14.5. The molecule has 106 valence electrons. The molecular weight excluding hydrogens is 269 g/mol. The van der Waals surface area contributed by atoms with Gasteiger partial charge in [-0.25, -0.2) is 4.39 Å². The molecule has 0 spiro atoms. The van der Waals surface area contributed by atoms with Gasteiger partial charge in [0, 0.05) is 11.4 Å². The Labute approximate surface area is 122 Å². The molecular formula is C16H14FN3O. The molecule has 1 unspecified atom stereocenters. The fourth-order valence-corrected chi connectivity index (χ4v) is 1.79. The summed E-state index contributed by atoms with van der Waals surface area (Å²) in [6.45, 7) is 1.69. The molecule has 2 rings (SSSR count). The Bertz CT molecular complexity index is 680. The van der Waals surface area contributed by atoms with Gasteiger partial charge in [-0.15, -0.1) is 0 Å². The van der Waals surface area contributed by atoms with Gasteiger partial charge in [0.25, 0.3) is 0 Å². The van der Waals surface area contributed by atoms with Gasteiger partial charge in [-0.3, -0.25) is 4.79 Å². The number of nitrogens with one attached hydrogen (secondary N) is 2. The number of rotatable bonds is 4. The molecule has 0 fully saturated rings. The normalized spacial score (nSPS) is 11.3. The summed E-state index contributed by atoms with van der Waals surface area (Å²) < 4.78 is 13.2. The molecule has 1 atom stereocenters. The highest BCUT2D eigenvalue weighted by Crippen LogP contribution is 2.15. The topological polar surface area (TPSA) is 64.9 Å². The van der Waals surface area contributed by atoms with Crippen LogP contribution >= 0.6 is 0 Å². The van der Waals surface area contributed by atoms with Crippen LogP contribution in [0.5, 0.6) is 0 Å². The zero-order chi connectivity index (χ0) is 15.2. The lowest BCUT2D eigenvalue weighted by Gasteiger charge is -2.15. The maximum atomic E-state index is 13.2. The predicted octanol–water partition coefficient (Wildman–Crippen LogP) is 3.14. The molecule has 0 bridgehead atoms. The minimum atomic E-state index is -0.579. The summed E-state index contributed by atoms with van der Waals surface area (Å²) in [5.74, 6) is -0.798. The second kappa shape index (κ2) is 6.53. The summed E-state index contributed by atoms with van der Waals surface area (Å²) in [6, 6.07) is 14.4. The standard InChI is InChI=1S/C16H14FN3O/c1-11(16(21)20-13-5-3-2-4-6-13)19-14-7-8-15(17)12(9-14)10-18/h2-9,11,19H,1H3,(H,20,21). The van der Waals surface area contributed by atoms with E-state index >= 15 is 0 Å². The van der Waals surface area contributed by atoms with Crippen LogP contribution in [-0.4, -0.2) is 11.9 Å². The van der Waals surface area contributed by atoms with Crippen molar-refractivity contribution >= 4 is 17.3 Å². The smallest absolute Gasteiger partial charge is 0.246 e. The number of carbonyl (C=O) groups excluding carboxylic acids is 1. The Morgan fingerprint density at radius 3 is 2.57 bits per heavy atom. The number of benzene rings is 2. The molecule has 2 aromatic carbocycles. The molecule has 0 saturated carbocycles. The Kier molecular flexibility index (Phi) is 4.52. The maximum absolute atomic E-state index is 13.2. The van der Waals surface area contributed by atoms with Crippen molar-refractivity contribution in [2.45, 2.75) is 13.0 Å². The number of halogens is 1. The van der Waals surface area contributed by atoms with Crippen molar-refractivity contribution in [1.82, 2.24) is 0 Å². The quantitative estimate of drug-likeness (QED) is 0.906. The zero-order valence-corrected chi connectivity index (χ0v) is 11.4. The third-order valence-corrected chi connectivity index (χ3v) is 2.90. The van der Waals surface area contributed by atoms with Gasteiger partial charge in [0.2, 0.25) is 5.91 Å². The van der Waals surface area contributed by atoms with E-state index in [1.54, 1.807) is 25.1 Å². The van der Waals surface area contributed by atoms with Crippen LogP contribution in [0.25, 0.3) is 0 Å². The van der Waals surface area contributed by atoms with Crippen molar-refractivity contribution in [2.75, 3.05) is 10.6 Å². The van der Waals surface area contributed by atoms with Crippen LogP contribution in [0, 0.1) is 17.1 Å². The van der Waals surface area contributed by atoms with Crippen molar-refractivity contribution < 1.29 is 9.18 Å². The molecule has 0 aliphatic heterocycles. The number of hydrogen-bond acceptors (Lipinski definition) is 3. The highest BCUT2D eigenvalue weighted by Gasteiger charge is 2.13. The van der Waals surface area contributed by atoms with Crippen LogP contribution in [0.15, 0.2) is 48.5 Å². The molecule has 0 saturated heterocycles. The van der Waals surface area contributed by atoms with Gasteiger partial charge in [0.05, 0.1) is 5.56 Å². The first-order chi connectivity index (χ1) is 10.1. The van der Waals surface area contributed by atoms with Gasteiger partial charge >= 0.3 is 0 Å². The average molecular weight is 283 g/mol. The Balaban J connectivity index is 2.02. The molecule has 4 nitrogen and oxygen atoms in total. The van der Waals surface area contributed by atoms with Crippen molar-refractivity contribution in [3.63, 3.8) is 0 Å². The number of anilines is 2. The maximum Gasteiger partial charge on any atom is 0.246 e. The minimum absolute atomic E-state index is 0.0596. The minimum Gasteiger partial charge on any atom is -0.374 e. The highest BCUT2D eigenvalue weighted by molar-refractivity contribution is 5.96. The molecule has 2 aromatic rings. The van der Waals surface area contributed by atoms with E-state index < -0.39 is 11.9 Å². The van der Waals surface area contributed by atoms with Gasteiger partial charge < -0.3 is 10.6 Å². The van der Waals surface area contributed by atoms with E-state index in [2.05, 4.69) is 10.6 Å². The average Bonchev–Trinajstić information content (AvgIpc) is 2.50. The van der Waals surface area contributed by atoms with Gasteiger partial charge in [0.15, 0.2) is 0 Å². The fraction of sp³-hybridized carbons (Fsp3) is 0.125. The van der Waals surface area contributed by atoms with E-state index in [0.29, 0.717) is 11.4 Å². The largest absolute Gasteiger partial charge is 0.374 e. The molecule has 0 heterocycles. The molecule has 5 heteroatoms. The number of nitrogens with zero attached hydrogens (tertiary/aromatic N) is 1. The third kappa shape index (κ3) is 3.80. The monoisotopic (exact) mass is 283 g/mol. The molecule has 0 aliphatic carbocycles. The van der Waals surface area contributed by atoms with Gasteiger partial charge in [-0.2, -0.15) is 5.26 Å². The summed E-state index contributed by atoms with van der Waals surface area (Å²) in [5, 5.41) is 14.5. The van der Waals surface area contributed by atoms with E-state index in [-0.39, 0.29) is 11.5 Å².